The van der Waals surface area contributed by atoms with Crippen molar-refractivity contribution in [2.45, 2.75) is 4.90 Å². The summed E-state index contributed by atoms with van der Waals surface area (Å²) in [5.74, 6) is -0.187. The minimum absolute atomic E-state index is 0.0401. The molecule has 0 saturated carbocycles. The number of nitrogens with one attached hydrogen (secondary N) is 1. The van der Waals surface area contributed by atoms with Crippen molar-refractivity contribution < 1.29 is 17.6 Å². The van der Waals surface area contributed by atoms with E-state index in [4.69, 9.17) is 4.42 Å². The number of carbonyl (C=O) groups excluding carboxylic acids is 1. The molecule has 8 nitrogen and oxygen atoms in total. The Balaban J connectivity index is 1.48. The fraction of sp³-hybridized carbons (Fsp3) is 0.0500. The minimum Gasteiger partial charge on any atom is -0.403 e. The number of nitrogens with zero attached hydrogens (tertiary/aromatic N) is 3. The first-order valence-electron chi connectivity index (χ1n) is 8.76. The van der Waals surface area contributed by atoms with Crippen LogP contribution < -0.4 is 9.62 Å². The van der Waals surface area contributed by atoms with Crippen molar-refractivity contribution in [2.24, 2.45) is 0 Å². The van der Waals surface area contributed by atoms with Crippen LogP contribution in [0, 0.1) is 0 Å². The predicted octanol–water partition coefficient (Wildman–Crippen LogP) is 3.88. The summed E-state index contributed by atoms with van der Waals surface area (Å²) in [4.78, 5) is 12.5. The van der Waals surface area contributed by atoms with E-state index in [0.29, 0.717) is 11.6 Å². The molecule has 0 radical (unpaired) electrons. The lowest BCUT2D eigenvalue weighted by Crippen LogP contribution is -2.26. The molecule has 0 atom stereocenters. The second kappa shape index (κ2) is 8.09. The molecule has 4 rings (SSSR count). The number of rotatable bonds is 6. The Bertz CT molecular complexity index is 1250. The van der Waals surface area contributed by atoms with Gasteiger partial charge >= 0.3 is 6.01 Å². The Morgan fingerprint density at radius 2 is 1.77 bits per heavy atom. The smallest absolute Gasteiger partial charge is 0.322 e. The van der Waals surface area contributed by atoms with Crippen LogP contribution >= 0.6 is 11.3 Å². The van der Waals surface area contributed by atoms with Gasteiger partial charge < -0.3 is 4.42 Å². The molecule has 0 aliphatic rings. The standard InChI is InChI=1S/C20H16N4O4S2/c1-24(16-5-3-2-4-6-16)30(26,27)17-9-7-14(8-10-17)18(25)21-20-23-22-19(28-20)15-11-12-29-13-15/h2-13H,1H3,(H,21,23,25). The van der Waals surface area contributed by atoms with Crippen LogP contribution in [-0.4, -0.2) is 31.6 Å². The molecule has 1 amide bonds. The lowest BCUT2D eigenvalue weighted by molar-refractivity contribution is 0.102. The van der Waals surface area contributed by atoms with E-state index in [9.17, 15) is 13.2 Å². The molecule has 2 aromatic carbocycles. The molecule has 0 spiro atoms. The van der Waals surface area contributed by atoms with Gasteiger partial charge in [-0.25, -0.2) is 8.42 Å². The van der Waals surface area contributed by atoms with E-state index >= 15 is 0 Å². The molecule has 152 valence electrons. The van der Waals surface area contributed by atoms with Gasteiger partial charge in [-0.05, 0) is 47.8 Å². The SMILES string of the molecule is CN(c1ccccc1)S(=O)(=O)c1ccc(C(=O)Nc2nnc(-c3ccsc3)o2)cc1. The fourth-order valence-electron chi connectivity index (χ4n) is 2.66. The van der Waals surface area contributed by atoms with Crippen LogP contribution in [0.3, 0.4) is 0 Å². The maximum absolute atomic E-state index is 12.8. The van der Waals surface area contributed by atoms with E-state index in [1.54, 1.807) is 24.3 Å². The van der Waals surface area contributed by atoms with Crippen molar-refractivity contribution in [3.8, 4) is 11.5 Å². The van der Waals surface area contributed by atoms with Crippen molar-refractivity contribution in [3.05, 3.63) is 77.0 Å². The maximum Gasteiger partial charge on any atom is 0.322 e. The predicted molar refractivity (Wildman–Crippen MR) is 114 cm³/mol. The molecule has 30 heavy (non-hydrogen) atoms. The van der Waals surface area contributed by atoms with Crippen molar-refractivity contribution in [2.75, 3.05) is 16.7 Å². The van der Waals surface area contributed by atoms with E-state index in [0.717, 1.165) is 5.56 Å². The number of aromatic nitrogens is 2. The molecule has 2 aromatic heterocycles. The lowest BCUT2D eigenvalue weighted by atomic mass is 10.2. The summed E-state index contributed by atoms with van der Waals surface area (Å²) >= 11 is 1.49. The lowest BCUT2D eigenvalue weighted by Gasteiger charge is -2.19. The van der Waals surface area contributed by atoms with Crippen molar-refractivity contribution in [1.82, 2.24) is 10.2 Å². The largest absolute Gasteiger partial charge is 0.403 e. The molecule has 0 saturated heterocycles. The second-order valence-corrected chi connectivity index (χ2v) is 8.96. The third-order valence-electron chi connectivity index (χ3n) is 4.31. The second-order valence-electron chi connectivity index (χ2n) is 6.21. The Morgan fingerprint density at radius 1 is 1.03 bits per heavy atom. The number of hydrogen-bond donors (Lipinski definition) is 1. The van der Waals surface area contributed by atoms with Crippen molar-refractivity contribution in [1.29, 1.82) is 0 Å². The number of benzene rings is 2. The van der Waals surface area contributed by atoms with Gasteiger partial charge in [-0.1, -0.05) is 23.3 Å². The third-order valence-corrected chi connectivity index (χ3v) is 6.79. The summed E-state index contributed by atoms with van der Waals surface area (Å²) in [6.45, 7) is 0. The number of sulfonamides is 1. The number of hydrogen-bond acceptors (Lipinski definition) is 7. The molecule has 1 N–H and O–H groups in total. The highest BCUT2D eigenvalue weighted by molar-refractivity contribution is 7.92. The summed E-state index contributed by atoms with van der Waals surface area (Å²) in [5, 5.41) is 13.9. The first kappa shape index (κ1) is 19.8. The normalized spacial score (nSPS) is 11.2. The van der Waals surface area contributed by atoms with Gasteiger partial charge in [0.2, 0.25) is 0 Å². The van der Waals surface area contributed by atoms with Crippen molar-refractivity contribution in [3.63, 3.8) is 0 Å². The molecule has 0 aliphatic heterocycles. The molecule has 2 heterocycles. The fourth-order valence-corrected chi connectivity index (χ4v) is 4.48. The maximum atomic E-state index is 12.8. The van der Waals surface area contributed by atoms with Gasteiger partial charge in [0.1, 0.15) is 0 Å². The number of thiophene rings is 1. The minimum atomic E-state index is -3.75. The Labute approximate surface area is 176 Å². The van der Waals surface area contributed by atoms with Crippen LogP contribution in [0.5, 0.6) is 0 Å². The molecule has 0 bridgehead atoms. The van der Waals surface area contributed by atoms with E-state index in [1.807, 2.05) is 22.9 Å². The van der Waals surface area contributed by atoms with Crippen LogP contribution in [0.4, 0.5) is 11.7 Å². The van der Waals surface area contributed by atoms with E-state index in [-0.39, 0.29) is 16.5 Å². The molecular formula is C20H16N4O4S2. The van der Waals surface area contributed by atoms with Gasteiger partial charge in [-0.2, -0.15) is 11.3 Å². The number of para-hydroxylation sites is 1. The number of anilines is 2. The summed E-state index contributed by atoms with van der Waals surface area (Å²) in [6, 6.07) is 16.1. The first-order valence-corrected chi connectivity index (χ1v) is 11.1. The number of amides is 1. The topological polar surface area (TPSA) is 105 Å². The van der Waals surface area contributed by atoms with Crippen LogP contribution in [-0.2, 0) is 10.0 Å². The zero-order valence-corrected chi connectivity index (χ0v) is 17.4. The van der Waals surface area contributed by atoms with Crippen LogP contribution in [0.25, 0.3) is 11.5 Å². The average molecular weight is 441 g/mol. The van der Waals surface area contributed by atoms with Gasteiger partial charge in [-0.15, -0.1) is 5.10 Å². The summed E-state index contributed by atoms with van der Waals surface area (Å²) in [5.41, 5.74) is 1.56. The Hall–Kier alpha value is -3.50. The molecular weight excluding hydrogens is 424 g/mol. The van der Waals surface area contributed by atoms with Gasteiger partial charge in [0.05, 0.1) is 10.6 Å². The van der Waals surface area contributed by atoms with Crippen LogP contribution in [0.15, 0.2) is 80.7 Å². The van der Waals surface area contributed by atoms with E-state index < -0.39 is 15.9 Å². The summed E-state index contributed by atoms with van der Waals surface area (Å²) < 4.78 is 32.2. The average Bonchev–Trinajstić information content (AvgIpc) is 3.46. The van der Waals surface area contributed by atoms with Gasteiger partial charge in [0, 0.05) is 23.6 Å². The monoisotopic (exact) mass is 440 g/mol. The molecule has 10 heteroatoms. The summed E-state index contributed by atoms with van der Waals surface area (Å²) in [7, 11) is -2.28. The van der Waals surface area contributed by atoms with E-state index in [2.05, 4.69) is 15.5 Å². The van der Waals surface area contributed by atoms with Crippen LogP contribution in [0.1, 0.15) is 10.4 Å². The molecule has 0 aliphatic carbocycles. The van der Waals surface area contributed by atoms with E-state index in [1.165, 1.54) is 47.0 Å². The Morgan fingerprint density at radius 3 is 2.43 bits per heavy atom. The molecule has 0 fully saturated rings. The zero-order valence-electron chi connectivity index (χ0n) is 15.7. The third kappa shape index (κ3) is 3.95. The zero-order chi connectivity index (χ0) is 21.1. The van der Waals surface area contributed by atoms with Crippen molar-refractivity contribution >= 4 is 39.0 Å². The van der Waals surface area contributed by atoms with Gasteiger partial charge in [0.15, 0.2) is 0 Å². The highest BCUT2D eigenvalue weighted by Crippen LogP contribution is 2.24. The van der Waals surface area contributed by atoms with Gasteiger partial charge in [-0.3, -0.25) is 14.4 Å². The Kier molecular flexibility index (Phi) is 5.34. The van der Waals surface area contributed by atoms with Gasteiger partial charge in [0.25, 0.3) is 21.8 Å². The van der Waals surface area contributed by atoms with Crippen LogP contribution in [0.2, 0.25) is 0 Å². The molecule has 0 unspecified atom stereocenters. The highest BCUT2D eigenvalue weighted by Gasteiger charge is 2.22. The first-order chi connectivity index (χ1) is 14.4. The molecule has 4 aromatic rings. The quantitative estimate of drug-likeness (QED) is 0.488. The number of carbonyl (C=O) groups is 1. The summed E-state index contributed by atoms with van der Waals surface area (Å²) in [6.07, 6.45) is 0. The highest BCUT2D eigenvalue weighted by atomic mass is 32.2.